The predicted octanol–water partition coefficient (Wildman–Crippen LogP) is 2.96. The van der Waals surface area contributed by atoms with Crippen LogP contribution in [-0.2, 0) is 6.54 Å². The summed E-state index contributed by atoms with van der Waals surface area (Å²) in [6.07, 6.45) is 2.58. The lowest BCUT2D eigenvalue weighted by Gasteiger charge is -2.26. The summed E-state index contributed by atoms with van der Waals surface area (Å²) < 4.78 is 0. The summed E-state index contributed by atoms with van der Waals surface area (Å²) in [6, 6.07) is 0. The molecule has 1 aliphatic rings. The molecular formula is C13H23N3S. The van der Waals surface area contributed by atoms with Gasteiger partial charge in [-0.15, -0.1) is 11.3 Å². The monoisotopic (exact) mass is 253 g/mol. The van der Waals surface area contributed by atoms with Gasteiger partial charge < -0.3 is 10.6 Å². The Morgan fingerprint density at radius 1 is 1.41 bits per heavy atom. The van der Waals surface area contributed by atoms with Crippen LogP contribution in [0, 0.1) is 5.41 Å². The lowest BCUT2D eigenvalue weighted by Crippen LogP contribution is -2.28. The fourth-order valence-corrected chi connectivity index (χ4v) is 3.10. The Hall–Kier alpha value is -0.610. The quantitative estimate of drug-likeness (QED) is 0.897. The fourth-order valence-electron chi connectivity index (χ4n) is 2.12. The summed E-state index contributed by atoms with van der Waals surface area (Å²) >= 11 is 1.77. The second-order valence-corrected chi connectivity index (χ2v) is 7.26. The minimum atomic E-state index is 0.295. The molecule has 0 bridgehead atoms. The number of anilines is 1. The van der Waals surface area contributed by atoms with Crippen LogP contribution in [0.4, 0.5) is 5.13 Å². The molecule has 0 unspecified atom stereocenters. The molecule has 1 heterocycles. The van der Waals surface area contributed by atoms with Gasteiger partial charge in [0.15, 0.2) is 5.13 Å². The normalized spacial score (nSPS) is 16.3. The number of nitrogens with two attached hydrogens (primary N) is 1. The van der Waals surface area contributed by atoms with Crippen molar-refractivity contribution in [2.75, 3.05) is 18.5 Å². The summed E-state index contributed by atoms with van der Waals surface area (Å²) in [5.74, 6) is 0.696. The minimum absolute atomic E-state index is 0.295. The molecule has 3 nitrogen and oxygen atoms in total. The van der Waals surface area contributed by atoms with Crippen LogP contribution in [0.5, 0.6) is 0 Å². The smallest absolute Gasteiger partial charge is 0.185 e. The van der Waals surface area contributed by atoms with Crippen LogP contribution in [0.2, 0.25) is 0 Å². The Balaban J connectivity index is 2.15. The highest BCUT2D eigenvalue weighted by Crippen LogP contribution is 2.44. The second kappa shape index (κ2) is 4.58. The predicted molar refractivity (Wildman–Crippen MR) is 74.7 cm³/mol. The van der Waals surface area contributed by atoms with Crippen LogP contribution in [0.25, 0.3) is 0 Å². The minimum Gasteiger partial charge on any atom is -0.351 e. The van der Waals surface area contributed by atoms with E-state index in [0.29, 0.717) is 17.9 Å². The molecule has 17 heavy (non-hydrogen) atoms. The molecule has 0 saturated heterocycles. The van der Waals surface area contributed by atoms with Gasteiger partial charge in [0.2, 0.25) is 0 Å². The lowest BCUT2D eigenvalue weighted by molar-refractivity contribution is 0.418. The van der Waals surface area contributed by atoms with Gasteiger partial charge in [0.05, 0.1) is 5.69 Å². The summed E-state index contributed by atoms with van der Waals surface area (Å²) in [7, 11) is 2.13. The van der Waals surface area contributed by atoms with Crippen molar-refractivity contribution >= 4 is 16.5 Å². The molecule has 0 aromatic carbocycles. The Bertz CT molecular complexity index is 388. The largest absolute Gasteiger partial charge is 0.351 e. The summed E-state index contributed by atoms with van der Waals surface area (Å²) in [4.78, 5) is 8.33. The van der Waals surface area contributed by atoms with Crippen molar-refractivity contribution in [1.29, 1.82) is 0 Å². The van der Waals surface area contributed by atoms with E-state index in [0.717, 1.165) is 11.7 Å². The molecule has 0 aliphatic heterocycles. The van der Waals surface area contributed by atoms with Gasteiger partial charge in [-0.25, -0.2) is 4.98 Å². The summed E-state index contributed by atoms with van der Waals surface area (Å²) in [5.41, 5.74) is 7.38. The Morgan fingerprint density at radius 3 is 2.53 bits per heavy atom. The van der Waals surface area contributed by atoms with Crippen molar-refractivity contribution in [2.45, 2.75) is 46.1 Å². The zero-order valence-corrected chi connectivity index (χ0v) is 12.1. The van der Waals surface area contributed by atoms with E-state index in [1.54, 1.807) is 11.3 Å². The molecule has 0 amide bonds. The van der Waals surface area contributed by atoms with Crippen LogP contribution in [-0.4, -0.2) is 18.6 Å². The third-order valence-electron chi connectivity index (χ3n) is 2.90. The zero-order valence-electron chi connectivity index (χ0n) is 11.3. The number of hydrogen-bond donors (Lipinski definition) is 1. The van der Waals surface area contributed by atoms with Crippen LogP contribution in [0.3, 0.4) is 0 Å². The van der Waals surface area contributed by atoms with Crippen molar-refractivity contribution < 1.29 is 0 Å². The van der Waals surface area contributed by atoms with Gasteiger partial charge >= 0.3 is 0 Å². The Morgan fingerprint density at radius 2 is 2.06 bits per heavy atom. The first-order valence-corrected chi connectivity index (χ1v) is 7.13. The van der Waals surface area contributed by atoms with E-state index in [1.807, 2.05) is 0 Å². The highest BCUT2D eigenvalue weighted by atomic mass is 32.1. The van der Waals surface area contributed by atoms with Gasteiger partial charge in [-0.3, -0.25) is 0 Å². The number of rotatable bonds is 4. The molecule has 4 heteroatoms. The van der Waals surface area contributed by atoms with Crippen LogP contribution in [0.1, 0.15) is 50.1 Å². The van der Waals surface area contributed by atoms with Gasteiger partial charge in [-0.1, -0.05) is 20.8 Å². The molecule has 1 saturated carbocycles. The first-order chi connectivity index (χ1) is 7.90. The highest BCUT2D eigenvalue weighted by molar-refractivity contribution is 7.15. The van der Waals surface area contributed by atoms with E-state index in [1.165, 1.54) is 23.4 Å². The summed E-state index contributed by atoms with van der Waals surface area (Å²) in [6.45, 7) is 8.41. The molecule has 2 N–H and O–H groups in total. The van der Waals surface area contributed by atoms with Crippen molar-refractivity contribution in [2.24, 2.45) is 11.1 Å². The van der Waals surface area contributed by atoms with Crippen LogP contribution < -0.4 is 10.6 Å². The van der Waals surface area contributed by atoms with Crippen molar-refractivity contribution in [3.8, 4) is 0 Å². The maximum absolute atomic E-state index is 5.81. The first-order valence-electron chi connectivity index (χ1n) is 6.31. The van der Waals surface area contributed by atoms with E-state index >= 15 is 0 Å². The zero-order chi connectivity index (χ0) is 12.6. The standard InChI is InChI=1S/C13H23N3S/c1-13(2,3)8-16(4)12-15-11(9-5-6-9)10(7-14)17-12/h9H,5-8,14H2,1-4H3. The number of nitrogens with zero attached hydrogens (tertiary/aromatic N) is 2. The maximum Gasteiger partial charge on any atom is 0.185 e. The maximum atomic E-state index is 5.81. The Kier molecular flexibility index (Phi) is 3.46. The highest BCUT2D eigenvalue weighted by Gasteiger charge is 2.30. The molecule has 1 aromatic heterocycles. The van der Waals surface area contributed by atoms with E-state index in [2.05, 4.69) is 32.7 Å². The SMILES string of the molecule is CN(CC(C)(C)C)c1nc(C2CC2)c(CN)s1. The molecule has 0 atom stereocenters. The van der Waals surface area contributed by atoms with Crippen LogP contribution in [0.15, 0.2) is 0 Å². The van der Waals surface area contributed by atoms with Gasteiger partial charge in [-0.05, 0) is 18.3 Å². The van der Waals surface area contributed by atoms with Crippen molar-refractivity contribution in [1.82, 2.24) is 4.98 Å². The number of thiazole rings is 1. The lowest BCUT2D eigenvalue weighted by atomic mass is 9.96. The molecule has 1 fully saturated rings. The molecule has 96 valence electrons. The molecule has 2 rings (SSSR count). The fraction of sp³-hybridized carbons (Fsp3) is 0.769. The van der Waals surface area contributed by atoms with Gasteiger partial charge in [0, 0.05) is 30.9 Å². The molecule has 1 aliphatic carbocycles. The first kappa shape index (κ1) is 12.8. The molecule has 0 spiro atoms. The van der Waals surface area contributed by atoms with Gasteiger partial charge in [-0.2, -0.15) is 0 Å². The van der Waals surface area contributed by atoms with E-state index in [-0.39, 0.29) is 0 Å². The van der Waals surface area contributed by atoms with Crippen molar-refractivity contribution in [3.05, 3.63) is 10.6 Å². The van der Waals surface area contributed by atoms with Gasteiger partial charge in [0.25, 0.3) is 0 Å². The van der Waals surface area contributed by atoms with Gasteiger partial charge in [0.1, 0.15) is 0 Å². The topological polar surface area (TPSA) is 42.2 Å². The van der Waals surface area contributed by atoms with Crippen LogP contribution >= 0.6 is 11.3 Å². The average Bonchev–Trinajstić information content (AvgIpc) is 2.95. The van der Waals surface area contributed by atoms with Crippen molar-refractivity contribution in [3.63, 3.8) is 0 Å². The Labute approximate surface area is 108 Å². The third-order valence-corrected chi connectivity index (χ3v) is 4.11. The molecule has 1 aromatic rings. The molecule has 0 radical (unpaired) electrons. The van der Waals surface area contributed by atoms with E-state index in [9.17, 15) is 0 Å². The second-order valence-electron chi connectivity index (χ2n) is 6.20. The number of aromatic nitrogens is 1. The molecular weight excluding hydrogens is 230 g/mol. The van der Waals surface area contributed by atoms with E-state index < -0.39 is 0 Å². The summed E-state index contributed by atoms with van der Waals surface area (Å²) in [5, 5.41) is 1.13. The number of hydrogen-bond acceptors (Lipinski definition) is 4. The average molecular weight is 253 g/mol. The third kappa shape index (κ3) is 3.19. The van der Waals surface area contributed by atoms with E-state index in [4.69, 9.17) is 10.7 Å².